The van der Waals surface area contributed by atoms with E-state index in [0.29, 0.717) is 6.07 Å². The zero-order valence-electron chi connectivity index (χ0n) is 22.7. The average Bonchev–Trinajstić information content (AvgIpc) is 3.32. The number of rotatable bonds is 4. The maximum absolute atomic E-state index is 15.0. The molecule has 5 rings (SSSR count). The third-order valence-corrected chi connectivity index (χ3v) is 11.8. The Kier molecular flexibility index (Phi) is 7.50. The minimum absolute atomic E-state index is 0.00921. The van der Waals surface area contributed by atoms with Gasteiger partial charge in [-0.3, -0.25) is 9.59 Å². The van der Waals surface area contributed by atoms with Crippen LogP contribution in [0.3, 0.4) is 0 Å². The second-order valence-electron chi connectivity index (χ2n) is 11.6. The molecule has 1 saturated carbocycles. The SMILES string of the molecule is CC1CC(=O)CC[C@H]1C(=O)N1CCC2(S(=O)(=O)c3cccc(F)c3)c3ccc(C(F)(C(F)(F)F)C(F)(F)F)cc3CCC12. The van der Waals surface area contributed by atoms with Gasteiger partial charge in [-0.25, -0.2) is 17.2 Å². The summed E-state index contributed by atoms with van der Waals surface area (Å²) in [5.74, 6) is -2.24. The number of hydrogen-bond donors (Lipinski definition) is 0. The Labute approximate surface area is 242 Å². The number of hydrogen-bond acceptors (Lipinski definition) is 4. The molecule has 14 heteroatoms. The van der Waals surface area contributed by atoms with E-state index in [1.165, 1.54) is 4.90 Å². The number of fused-ring (bicyclic) bond motifs is 3. The normalized spacial score (nSPS) is 26.7. The number of carbonyl (C=O) groups is 2. The van der Waals surface area contributed by atoms with Gasteiger partial charge in [-0.2, -0.15) is 26.3 Å². The van der Waals surface area contributed by atoms with Crippen LogP contribution >= 0.6 is 0 Å². The van der Waals surface area contributed by atoms with Gasteiger partial charge in [0.05, 0.1) is 10.9 Å². The smallest absolute Gasteiger partial charge is 0.337 e. The van der Waals surface area contributed by atoms with E-state index in [-0.39, 0.29) is 74.0 Å². The molecule has 3 unspecified atom stereocenters. The number of amides is 1. The Morgan fingerprint density at radius 2 is 1.63 bits per heavy atom. The molecular formula is C29H27F8NO4S. The van der Waals surface area contributed by atoms with Crippen LogP contribution in [0.2, 0.25) is 0 Å². The van der Waals surface area contributed by atoms with Crippen molar-refractivity contribution in [2.45, 2.75) is 79.2 Å². The number of sulfone groups is 1. The molecule has 0 bridgehead atoms. The largest absolute Gasteiger partial charge is 0.435 e. The van der Waals surface area contributed by atoms with E-state index < -0.39 is 66.7 Å². The summed E-state index contributed by atoms with van der Waals surface area (Å²) in [6.07, 6.45) is -12.9. The number of nitrogens with zero attached hydrogens (tertiary/aromatic N) is 1. The van der Waals surface area contributed by atoms with E-state index in [1.54, 1.807) is 6.92 Å². The van der Waals surface area contributed by atoms with E-state index in [2.05, 4.69) is 0 Å². The minimum atomic E-state index is -6.36. The lowest BCUT2D eigenvalue weighted by Gasteiger charge is -2.44. The summed E-state index contributed by atoms with van der Waals surface area (Å²) >= 11 is 0. The van der Waals surface area contributed by atoms with Crippen molar-refractivity contribution in [1.82, 2.24) is 4.90 Å². The molecule has 2 aromatic rings. The van der Waals surface area contributed by atoms with Crippen molar-refractivity contribution in [3.8, 4) is 0 Å². The van der Waals surface area contributed by atoms with Crippen LogP contribution in [0.1, 0.15) is 55.7 Å². The van der Waals surface area contributed by atoms with Crippen LogP contribution in [0.25, 0.3) is 0 Å². The second kappa shape index (κ2) is 10.3. The Hall–Kier alpha value is -3.03. The number of likely N-dealkylation sites (tertiary alicyclic amines) is 1. The van der Waals surface area contributed by atoms with Gasteiger partial charge in [0, 0.05) is 30.9 Å². The highest BCUT2D eigenvalue weighted by Crippen LogP contribution is 2.57. The first-order valence-electron chi connectivity index (χ1n) is 13.6. The zero-order chi connectivity index (χ0) is 31.8. The van der Waals surface area contributed by atoms with Crippen LogP contribution in [0.5, 0.6) is 0 Å². The van der Waals surface area contributed by atoms with Crippen molar-refractivity contribution >= 4 is 21.5 Å². The van der Waals surface area contributed by atoms with Crippen LogP contribution in [-0.2, 0) is 36.3 Å². The number of Topliss-reactive ketones (excluding diaryl/α,β-unsaturated/α-hetero) is 1. The summed E-state index contributed by atoms with van der Waals surface area (Å²) in [5, 5.41) is 0. The molecule has 0 aromatic heterocycles. The van der Waals surface area contributed by atoms with Gasteiger partial charge in [0.1, 0.15) is 16.3 Å². The number of carbonyl (C=O) groups excluding carboxylic acids is 2. The molecule has 0 spiro atoms. The van der Waals surface area contributed by atoms with Gasteiger partial charge < -0.3 is 4.90 Å². The number of alkyl halides is 7. The third-order valence-electron chi connectivity index (χ3n) is 9.22. The van der Waals surface area contributed by atoms with Gasteiger partial charge in [0.2, 0.25) is 5.91 Å². The molecule has 1 saturated heterocycles. The van der Waals surface area contributed by atoms with Gasteiger partial charge >= 0.3 is 18.0 Å². The Morgan fingerprint density at radius 1 is 0.953 bits per heavy atom. The van der Waals surface area contributed by atoms with Crippen molar-refractivity contribution in [2.75, 3.05) is 6.54 Å². The molecule has 5 nitrogen and oxygen atoms in total. The summed E-state index contributed by atoms with van der Waals surface area (Å²) in [7, 11) is -4.65. The summed E-state index contributed by atoms with van der Waals surface area (Å²) in [4.78, 5) is 26.6. The molecule has 2 aliphatic carbocycles. The quantitative estimate of drug-likeness (QED) is 0.367. The van der Waals surface area contributed by atoms with Crippen LogP contribution in [-0.4, -0.2) is 49.9 Å². The Morgan fingerprint density at radius 3 is 2.23 bits per heavy atom. The lowest BCUT2D eigenvalue weighted by molar-refractivity contribution is -0.348. The summed E-state index contributed by atoms with van der Waals surface area (Å²) in [6.45, 7) is 1.61. The first-order valence-corrected chi connectivity index (χ1v) is 15.1. The van der Waals surface area contributed by atoms with Gasteiger partial charge in [-0.05, 0) is 60.9 Å². The first-order chi connectivity index (χ1) is 19.9. The van der Waals surface area contributed by atoms with Crippen molar-refractivity contribution in [3.63, 3.8) is 0 Å². The molecule has 3 aliphatic rings. The lowest BCUT2D eigenvalue weighted by atomic mass is 9.76. The van der Waals surface area contributed by atoms with Crippen LogP contribution in [0.15, 0.2) is 47.4 Å². The van der Waals surface area contributed by atoms with E-state index in [4.69, 9.17) is 0 Å². The van der Waals surface area contributed by atoms with Crippen LogP contribution in [0, 0.1) is 17.7 Å². The first kappa shape index (κ1) is 31.4. The predicted molar refractivity (Wildman–Crippen MR) is 137 cm³/mol. The lowest BCUT2D eigenvalue weighted by Crippen LogP contribution is -2.54. The molecule has 1 amide bonds. The maximum atomic E-state index is 15.0. The van der Waals surface area contributed by atoms with Gasteiger partial charge in [0.15, 0.2) is 9.84 Å². The number of benzene rings is 2. The monoisotopic (exact) mass is 637 g/mol. The van der Waals surface area contributed by atoms with E-state index in [0.717, 1.165) is 30.3 Å². The fourth-order valence-electron chi connectivity index (χ4n) is 7.12. The summed E-state index contributed by atoms with van der Waals surface area (Å²) < 4.78 is 137. The standard InChI is InChI=1S/C29H27F8NO4S/c1-16-13-20(39)7-8-22(16)25(40)38-12-11-26(43(41,42)21-4-2-3-19(30)15-21)23-9-6-18(14-17(23)5-10-24(26)38)27(31,28(32,33)34)29(35,36)37/h2-4,6,9,14-16,22,24H,5,7-8,10-13H2,1H3/t16?,22-,24?,26?/m1/s1. The molecule has 1 heterocycles. The topological polar surface area (TPSA) is 71.5 Å². The second-order valence-corrected chi connectivity index (χ2v) is 13.8. The molecule has 1 aliphatic heterocycles. The molecule has 2 aromatic carbocycles. The highest BCUT2D eigenvalue weighted by molar-refractivity contribution is 7.92. The number of halogens is 8. The zero-order valence-corrected chi connectivity index (χ0v) is 23.6. The number of ketones is 1. The third kappa shape index (κ3) is 4.65. The van der Waals surface area contributed by atoms with Gasteiger partial charge in [0.25, 0.3) is 0 Å². The predicted octanol–water partition coefficient (Wildman–Crippen LogP) is 6.34. The molecule has 0 N–H and O–H groups in total. The van der Waals surface area contributed by atoms with Crippen molar-refractivity contribution in [1.29, 1.82) is 0 Å². The molecule has 2 fully saturated rings. The summed E-state index contributed by atoms with van der Waals surface area (Å²) in [5.41, 5.74) is -7.86. The van der Waals surface area contributed by atoms with Crippen LogP contribution < -0.4 is 0 Å². The highest BCUT2D eigenvalue weighted by atomic mass is 32.2. The van der Waals surface area contributed by atoms with Gasteiger partial charge in [-0.15, -0.1) is 0 Å². The minimum Gasteiger partial charge on any atom is -0.337 e. The van der Waals surface area contributed by atoms with Gasteiger partial charge in [-0.1, -0.05) is 31.2 Å². The Balaban J connectivity index is 1.67. The van der Waals surface area contributed by atoms with Crippen molar-refractivity contribution < 1.29 is 53.1 Å². The van der Waals surface area contributed by atoms with Crippen molar-refractivity contribution in [2.24, 2.45) is 11.8 Å². The average molecular weight is 638 g/mol. The summed E-state index contributed by atoms with van der Waals surface area (Å²) in [6, 6.07) is 4.35. The van der Waals surface area contributed by atoms with Crippen molar-refractivity contribution in [3.05, 3.63) is 65.0 Å². The van der Waals surface area contributed by atoms with E-state index in [1.807, 2.05) is 0 Å². The number of aryl methyl sites for hydroxylation is 1. The molecule has 0 radical (unpaired) electrons. The molecule has 43 heavy (non-hydrogen) atoms. The van der Waals surface area contributed by atoms with E-state index in [9.17, 15) is 53.1 Å². The van der Waals surface area contributed by atoms with Crippen LogP contribution in [0.4, 0.5) is 35.1 Å². The molecule has 4 atom stereocenters. The maximum Gasteiger partial charge on any atom is 0.435 e. The van der Waals surface area contributed by atoms with E-state index >= 15 is 0 Å². The highest BCUT2D eigenvalue weighted by Gasteiger charge is 2.74. The molecule has 234 valence electrons. The Bertz CT molecular complexity index is 1560. The fourth-order valence-corrected chi connectivity index (χ4v) is 9.52. The molecular weight excluding hydrogens is 610 g/mol. The fraction of sp³-hybridized carbons (Fsp3) is 0.517.